The predicted octanol–water partition coefficient (Wildman–Crippen LogP) is 4.37. The molecule has 0 radical (unpaired) electrons. The molecule has 2 aromatic carbocycles. The van der Waals surface area contributed by atoms with E-state index in [4.69, 9.17) is 16.3 Å². The maximum absolute atomic E-state index is 11.9. The Kier molecular flexibility index (Phi) is 4.93. The Morgan fingerprint density at radius 2 is 2.05 bits per heavy atom. The summed E-state index contributed by atoms with van der Waals surface area (Å²) >= 11 is 9.18. The fourth-order valence-electron chi connectivity index (χ4n) is 1.64. The van der Waals surface area contributed by atoms with Gasteiger partial charge in [-0.2, -0.15) is 0 Å². The highest BCUT2D eigenvalue weighted by atomic mass is 79.9. The number of esters is 1. The molecule has 0 saturated heterocycles. The monoisotopic (exact) mass is 369 g/mol. The number of non-ortho nitro benzene ring substituents is 1. The summed E-state index contributed by atoms with van der Waals surface area (Å²) in [5.41, 5.74) is 0.733. The topological polar surface area (TPSA) is 69.4 Å². The number of nitrogens with zero attached hydrogens (tertiary/aromatic N) is 1. The first-order valence-electron chi connectivity index (χ1n) is 5.83. The lowest BCUT2D eigenvalue weighted by atomic mass is 10.2. The van der Waals surface area contributed by atoms with E-state index in [9.17, 15) is 14.9 Å². The van der Waals surface area contributed by atoms with Crippen molar-refractivity contribution in [1.29, 1.82) is 0 Å². The van der Waals surface area contributed by atoms with Crippen molar-refractivity contribution in [2.45, 2.75) is 6.61 Å². The Labute approximate surface area is 133 Å². The second-order valence-corrected chi connectivity index (χ2v) is 5.45. The molecule has 0 spiro atoms. The Balaban J connectivity index is 2.08. The van der Waals surface area contributed by atoms with E-state index in [1.165, 1.54) is 12.1 Å². The van der Waals surface area contributed by atoms with Crippen LogP contribution in [0.4, 0.5) is 5.69 Å². The molecule has 0 unspecified atom stereocenters. The van der Waals surface area contributed by atoms with E-state index in [0.717, 1.165) is 16.1 Å². The van der Waals surface area contributed by atoms with Gasteiger partial charge >= 0.3 is 5.97 Å². The van der Waals surface area contributed by atoms with Crippen molar-refractivity contribution in [2.75, 3.05) is 0 Å². The number of carbonyl (C=O) groups is 1. The summed E-state index contributed by atoms with van der Waals surface area (Å²) in [6, 6.07) is 10.9. The number of nitro groups is 1. The molecule has 0 aliphatic rings. The van der Waals surface area contributed by atoms with Crippen molar-refractivity contribution in [3.63, 3.8) is 0 Å². The van der Waals surface area contributed by atoms with Crippen LogP contribution >= 0.6 is 27.5 Å². The number of ether oxygens (including phenoxy) is 1. The minimum absolute atomic E-state index is 0.0107. The molecule has 0 aliphatic heterocycles. The molecule has 0 aromatic heterocycles. The third kappa shape index (κ3) is 4.03. The highest BCUT2D eigenvalue weighted by Crippen LogP contribution is 2.23. The highest BCUT2D eigenvalue weighted by molar-refractivity contribution is 9.10. The maximum atomic E-state index is 11.9. The molecule has 0 saturated carbocycles. The molecule has 0 heterocycles. The molecule has 0 bridgehead atoms. The van der Waals surface area contributed by atoms with Gasteiger partial charge in [-0.1, -0.05) is 39.7 Å². The van der Waals surface area contributed by atoms with Crippen molar-refractivity contribution < 1.29 is 14.5 Å². The number of nitro benzene ring substituents is 1. The van der Waals surface area contributed by atoms with Gasteiger partial charge in [0, 0.05) is 16.6 Å². The average Bonchev–Trinajstić information content (AvgIpc) is 2.44. The zero-order valence-corrected chi connectivity index (χ0v) is 12.9. The van der Waals surface area contributed by atoms with Gasteiger partial charge in [0.1, 0.15) is 6.61 Å². The van der Waals surface area contributed by atoms with Gasteiger partial charge in [0.25, 0.3) is 5.69 Å². The molecule has 21 heavy (non-hydrogen) atoms. The van der Waals surface area contributed by atoms with Crippen LogP contribution in [0.5, 0.6) is 0 Å². The van der Waals surface area contributed by atoms with E-state index in [0.29, 0.717) is 0 Å². The van der Waals surface area contributed by atoms with E-state index >= 15 is 0 Å². The summed E-state index contributed by atoms with van der Waals surface area (Å²) < 4.78 is 6.02. The van der Waals surface area contributed by atoms with Crippen molar-refractivity contribution in [2.24, 2.45) is 0 Å². The van der Waals surface area contributed by atoms with E-state index < -0.39 is 10.9 Å². The minimum atomic E-state index is -0.630. The Morgan fingerprint density at radius 1 is 1.29 bits per heavy atom. The van der Waals surface area contributed by atoms with Gasteiger partial charge in [-0.3, -0.25) is 10.1 Å². The van der Waals surface area contributed by atoms with Gasteiger partial charge in [-0.25, -0.2) is 4.79 Å². The first kappa shape index (κ1) is 15.5. The largest absolute Gasteiger partial charge is 0.457 e. The number of carbonyl (C=O) groups excluding carboxylic acids is 1. The first-order chi connectivity index (χ1) is 9.97. The average molecular weight is 371 g/mol. The summed E-state index contributed by atoms with van der Waals surface area (Å²) in [5, 5.41) is 10.6. The van der Waals surface area contributed by atoms with Gasteiger partial charge in [-0.05, 0) is 23.8 Å². The van der Waals surface area contributed by atoms with Gasteiger partial charge in [-0.15, -0.1) is 0 Å². The van der Waals surface area contributed by atoms with Gasteiger partial charge in [0.2, 0.25) is 0 Å². The van der Waals surface area contributed by atoms with Gasteiger partial charge in [0.05, 0.1) is 15.5 Å². The fourth-order valence-corrected chi connectivity index (χ4v) is 2.34. The first-order valence-corrected chi connectivity index (χ1v) is 7.00. The molecule has 0 aliphatic carbocycles. The Bertz CT molecular complexity index is 705. The highest BCUT2D eigenvalue weighted by Gasteiger charge is 2.16. The molecule has 0 amide bonds. The molecule has 0 fully saturated rings. The second-order valence-electron chi connectivity index (χ2n) is 4.13. The fraction of sp³-hybridized carbons (Fsp3) is 0.0714. The zero-order valence-electron chi connectivity index (χ0n) is 10.6. The third-order valence-electron chi connectivity index (χ3n) is 2.64. The van der Waals surface area contributed by atoms with Crippen LogP contribution in [0.25, 0.3) is 0 Å². The maximum Gasteiger partial charge on any atom is 0.339 e. The summed E-state index contributed by atoms with van der Waals surface area (Å²) in [6.07, 6.45) is 0. The Hall–Kier alpha value is -1.92. The van der Waals surface area contributed by atoms with E-state index in [-0.39, 0.29) is 22.9 Å². The van der Waals surface area contributed by atoms with Gasteiger partial charge in [0.15, 0.2) is 0 Å². The standard InChI is InChI=1S/C14H9BrClNO4/c15-10-3-1-2-9(6-10)8-21-14(18)12-5-4-11(17(19)20)7-13(12)16/h1-7H,8H2. The number of hydrogen-bond donors (Lipinski definition) is 0. The van der Waals surface area contributed by atoms with Crippen molar-refractivity contribution in [3.8, 4) is 0 Å². The molecule has 0 N–H and O–H groups in total. The van der Waals surface area contributed by atoms with E-state index in [2.05, 4.69) is 15.9 Å². The van der Waals surface area contributed by atoms with Crippen LogP contribution in [0.1, 0.15) is 15.9 Å². The van der Waals surface area contributed by atoms with Crippen LogP contribution in [-0.2, 0) is 11.3 Å². The van der Waals surface area contributed by atoms with Crippen LogP contribution in [0, 0.1) is 10.1 Å². The van der Waals surface area contributed by atoms with Crippen LogP contribution < -0.4 is 0 Å². The van der Waals surface area contributed by atoms with Crippen molar-refractivity contribution in [1.82, 2.24) is 0 Å². The lowest BCUT2D eigenvalue weighted by Gasteiger charge is -2.06. The predicted molar refractivity (Wildman–Crippen MR) is 81.4 cm³/mol. The summed E-state index contributed by atoms with van der Waals surface area (Å²) in [5.74, 6) is -0.630. The molecule has 7 heteroatoms. The van der Waals surface area contributed by atoms with Crippen molar-refractivity contribution in [3.05, 3.63) is 73.2 Å². The lowest BCUT2D eigenvalue weighted by Crippen LogP contribution is -2.06. The Morgan fingerprint density at radius 3 is 2.67 bits per heavy atom. The van der Waals surface area contributed by atoms with Crippen LogP contribution in [0.3, 0.4) is 0 Å². The summed E-state index contributed by atoms with van der Waals surface area (Å²) in [7, 11) is 0. The molecule has 2 aromatic rings. The molecular weight excluding hydrogens is 362 g/mol. The molecule has 5 nitrogen and oxygen atoms in total. The summed E-state index contributed by atoms with van der Waals surface area (Å²) in [6.45, 7) is 0.0889. The lowest BCUT2D eigenvalue weighted by molar-refractivity contribution is -0.384. The molecular formula is C14H9BrClNO4. The number of rotatable bonds is 4. The smallest absolute Gasteiger partial charge is 0.339 e. The van der Waals surface area contributed by atoms with Crippen molar-refractivity contribution >= 4 is 39.2 Å². The van der Waals surface area contributed by atoms with E-state index in [1.807, 2.05) is 24.3 Å². The van der Waals surface area contributed by atoms with Crippen LogP contribution in [-0.4, -0.2) is 10.9 Å². The zero-order chi connectivity index (χ0) is 15.4. The number of halogens is 2. The second kappa shape index (κ2) is 6.69. The number of benzene rings is 2. The quantitative estimate of drug-likeness (QED) is 0.455. The number of hydrogen-bond acceptors (Lipinski definition) is 4. The summed E-state index contributed by atoms with van der Waals surface area (Å²) in [4.78, 5) is 21.9. The molecule has 2 rings (SSSR count). The molecule has 108 valence electrons. The SMILES string of the molecule is O=C(OCc1cccc(Br)c1)c1ccc([N+](=O)[O-])cc1Cl. The van der Waals surface area contributed by atoms with Crippen LogP contribution in [0.2, 0.25) is 5.02 Å². The minimum Gasteiger partial charge on any atom is -0.457 e. The van der Waals surface area contributed by atoms with Gasteiger partial charge < -0.3 is 4.74 Å². The van der Waals surface area contributed by atoms with Crippen LogP contribution in [0.15, 0.2) is 46.9 Å². The molecule has 0 atom stereocenters. The normalized spacial score (nSPS) is 10.2. The third-order valence-corrected chi connectivity index (χ3v) is 3.45. The van der Waals surface area contributed by atoms with E-state index in [1.54, 1.807) is 0 Å².